The van der Waals surface area contributed by atoms with Crippen LogP contribution in [0.25, 0.3) is 10.8 Å². The SMILES string of the molecule is N#Cc1ccc(NC(=S)NC2CCN(c3nccc4ccccc34)CC2)cc1. The maximum Gasteiger partial charge on any atom is 0.170 e. The smallest absolute Gasteiger partial charge is 0.170 e. The van der Waals surface area contributed by atoms with Gasteiger partial charge in [0.25, 0.3) is 0 Å². The monoisotopic (exact) mass is 387 g/mol. The Balaban J connectivity index is 1.33. The maximum atomic E-state index is 8.87. The number of rotatable bonds is 3. The lowest BCUT2D eigenvalue weighted by Crippen LogP contribution is -2.46. The lowest BCUT2D eigenvalue weighted by molar-refractivity contribution is 0.467. The standard InChI is InChI=1S/C22H21N5S/c23-15-16-5-7-18(8-6-16)25-22(28)26-19-10-13-27(14-11-19)21-20-4-2-1-3-17(20)9-12-24-21/h1-9,12,19H,10-11,13-14H2,(H2,25,26,28). The molecule has 2 heterocycles. The molecule has 0 spiro atoms. The molecule has 0 aliphatic carbocycles. The number of piperidine rings is 1. The van der Waals surface area contributed by atoms with Crippen LogP contribution in [0.4, 0.5) is 11.5 Å². The van der Waals surface area contributed by atoms with Crippen LogP contribution in [-0.4, -0.2) is 29.2 Å². The lowest BCUT2D eigenvalue weighted by Gasteiger charge is -2.34. The van der Waals surface area contributed by atoms with Crippen LogP contribution >= 0.6 is 12.2 Å². The Hall–Kier alpha value is -3.17. The van der Waals surface area contributed by atoms with E-state index in [-0.39, 0.29) is 0 Å². The normalized spacial score (nSPS) is 14.5. The summed E-state index contributed by atoms with van der Waals surface area (Å²) in [5.74, 6) is 1.06. The summed E-state index contributed by atoms with van der Waals surface area (Å²) in [6.07, 6.45) is 3.89. The molecule has 3 aromatic rings. The van der Waals surface area contributed by atoms with Crippen LogP contribution in [-0.2, 0) is 0 Å². The summed E-state index contributed by atoms with van der Waals surface area (Å²) in [6.45, 7) is 1.89. The summed E-state index contributed by atoms with van der Waals surface area (Å²) in [5.41, 5.74) is 1.52. The van der Waals surface area contributed by atoms with Crippen molar-refractivity contribution in [2.24, 2.45) is 0 Å². The number of hydrogen-bond acceptors (Lipinski definition) is 4. The maximum absolute atomic E-state index is 8.87. The van der Waals surface area contributed by atoms with Gasteiger partial charge in [0.05, 0.1) is 11.6 Å². The average Bonchev–Trinajstić information content (AvgIpc) is 2.74. The number of nitrogens with one attached hydrogen (secondary N) is 2. The third-order valence-electron chi connectivity index (χ3n) is 5.05. The second-order valence-electron chi connectivity index (χ2n) is 6.90. The van der Waals surface area contributed by atoms with Gasteiger partial charge in [-0.05, 0) is 60.8 Å². The summed E-state index contributed by atoms with van der Waals surface area (Å²) < 4.78 is 0. The van der Waals surface area contributed by atoms with Gasteiger partial charge >= 0.3 is 0 Å². The Morgan fingerprint density at radius 1 is 1.07 bits per heavy atom. The number of nitriles is 1. The highest BCUT2D eigenvalue weighted by atomic mass is 32.1. The highest BCUT2D eigenvalue weighted by Crippen LogP contribution is 2.26. The Labute approximate surface area is 170 Å². The molecular weight excluding hydrogens is 366 g/mol. The Morgan fingerprint density at radius 2 is 1.82 bits per heavy atom. The molecule has 28 heavy (non-hydrogen) atoms. The number of pyridine rings is 1. The molecule has 6 heteroatoms. The van der Waals surface area contributed by atoms with Gasteiger partial charge in [-0.15, -0.1) is 0 Å². The van der Waals surface area contributed by atoms with Gasteiger partial charge in [0.2, 0.25) is 0 Å². The molecule has 1 aromatic heterocycles. The first-order valence-electron chi connectivity index (χ1n) is 9.39. The van der Waals surface area contributed by atoms with E-state index in [1.54, 1.807) is 12.1 Å². The number of benzene rings is 2. The molecule has 1 fully saturated rings. The number of nitrogens with zero attached hydrogens (tertiary/aromatic N) is 3. The van der Waals surface area contributed by atoms with Crippen molar-refractivity contribution in [2.45, 2.75) is 18.9 Å². The van der Waals surface area contributed by atoms with E-state index in [1.165, 1.54) is 10.8 Å². The van der Waals surface area contributed by atoms with Gasteiger partial charge in [0, 0.05) is 36.4 Å². The van der Waals surface area contributed by atoms with Gasteiger partial charge < -0.3 is 15.5 Å². The molecule has 0 atom stereocenters. The number of aromatic nitrogens is 1. The highest BCUT2D eigenvalue weighted by molar-refractivity contribution is 7.80. The lowest BCUT2D eigenvalue weighted by atomic mass is 10.0. The fourth-order valence-electron chi connectivity index (χ4n) is 3.57. The van der Waals surface area contributed by atoms with Crippen molar-refractivity contribution in [1.29, 1.82) is 5.26 Å². The summed E-state index contributed by atoms with van der Waals surface area (Å²) in [4.78, 5) is 6.99. The Kier molecular flexibility index (Phi) is 5.36. The topological polar surface area (TPSA) is 64.0 Å². The van der Waals surface area contributed by atoms with E-state index in [1.807, 2.05) is 18.3 Å². The van der Waals surface area contributed by atoms with Crippen molar-refractivity contribution < 1.29 is 0 Å². The zero-order chi connectivity index (χ0) is 19.3. The molecule has 0 saturated carbocycles. The zero-order valence-corrected chi connectivity index (χ0v) is 16.2. The predicted octanol–water partition coefficient (Wildman–Crippen LogP) is 4.06. The molecular formula is C22H21N5S. The summed E-state index contributed by atoms with van der Waals surface area (Å²) in [7, 11) is 0. The van der Waals surface area contributed by atoms with Crippen LogP contribution in [0.3, 0.4) is 0 Å². The van der Waals surface area contributed by atoms with E-state index in [9.17, 15) is 0 Å². The van der Waals surface area contributed by atoms with E-state index in [0.717, 1.165) is 37.4 Å². The fourth-order valence-corrected chi connectivity index (χ4v) is 3.86. The van der Waals surface area contributed by atoms with Crippen molar-refractivity contribution in [3.63, 3.8) is 0 Å². The largest absolute Gasteiger partial charge is 0.360 e. The van der Waals surface area contributed by atoms with Gasteiger partial charge in [-0.1, -0.05) is 24.3 Å². The van der Waals surface area contributed by atoms with E-state index < -0.39 is 0 Å². The third-order valence-corrected chi connectivity index (χ3v) is 5.27. The third kappa shape index (κ3) is 4.05. The Morgan fingerprint density at radius 3 is 2.57 bits per heavy atom. The zero-order valence-electron chi connectivity index (χ0n) is 15.4. The molecule has 5 nitrogen and oxygen atoms in total. The van der Waals surface area contributed by atoms with Crippen LogP contribution in [0.2, 0.25) is 0 Å². The second-order valence-corrected chi connectivity index (χ2v) is 7.31. The number of thiocarbonyl (C=S) groups is 1. The van der Waals surface area contributed by atoms with Crippen molar-refractivity contribution in [1.82, 2.24) is 10.3 Å². The van der Waals surface area contributed by atoms with E-state index >= 15 is 0 Å². The molecule has 1 aliphatic rings. The first kappa shape index (κ1) is 18.2. The minimum atomic E-state index is 0.338. The second kappa shape index (κ2) is 8.24. The molecule has 1 aliphatic heterocycles. The number of fused-ring (bicyclic) bond motifs is 1. The van der Waals surface area contributed by atoms with Crippen molar-refractivity contribution in [3.05, 3.63) is 66.4 Å². The van der Waals surface area contributed by atoms with Crippen LogP contribution < -0.4 is 15.5 Å². The van der Waals surface area contributed by atoms with Gasteiger partial charge in [0.1, 0.15) is 5.82 Å². The number of hydrogen-bond donors (Lipinski definition) is 2. The van der Waals surface area contributed by atoms with Crippen LogP contribution in [0.15, 0.2) is 60.8 Å². The minimum absolute atomic E-state index is 0.338. The van der Waals surface area contributed by atoms with E-state index in [4.69, 9.17) is 17.5 Å². The summed E-state index contributed by atoms with van der Waals surface area (Å²) in [6, 6.07) is 20.2. The average molecular weight is 388 g/mol. The first-order valence-corrected chi connectivity index (χ1v) is 9.80. The minimum Gasteiger partial charge on any atom is -0.360 e. The van der Waals surface area contributed by atoms with Crippen molar-refractivity contribution in [2.75, 3.05) is 23.3 Å². The molecule has 0 radical (unpaired) electrons. The fraction of sp³-hybridized carbons (Fsp3) is 0.227. The molecule has 0 amide bonds. The summed E-state index contributed by atoms with van der Waals surface area (Å²) >= 11 is 5.45. The van der Waals surface area contributed by atoms with Crippen molar-refractivity contribution >= 4 is 39.6 Å². The van der Waals surface area contributed by atoms with Gasteiger partial charge in [0.15, 0.2) is 5.11 Å². The van der Waals surface area contributed by atoms with Gasteiger partial charge in [-0.25, -0.2) is 4.98 Å². The quantitative estimate of drug-likeness (QED) is 0.661. The van der Waals surface area contributed by atoms with E-state index in [0.29, 0.717) is 16.7 Å². The van der Waals surface area contributed by atoms with Crippen molar-refractivity contribution in [3.8, 4) is 6.07 Å². The highest BCUT2D eigenvalue weighted by Gasteiger charge is 2.21. The molecule has 4 rings (SSSR count). The van der Waals surface area contributed by atoms with Crippen LogP contribution in [0.1, 0.15) is 18.4 Å². The molecule has 0 unspecified atom stereocenters. The molecule has 140 valence electrons. The van der Waals surface area contributed by atoms with Gasteiger partial charge in [-0.3, -0.25) is 0 Å². The first-order chi connectivity index (χ1) is 13.7. The molecule has 0 bridgehead atoms. The number of anilines is 2. The Bertz CT molecular complexity index is 1010. The van der Waals surface area contributed by atoms with Crippen LogP contribution in [0, 0.1) is 11.3 Å². The molecule has 1 saturated heterocycles. The molecule has 2 N–H and O–H groups in total. The van der Waals surface area contributed by atoms with E-state index in [2.05, 4.69) is 56.9 Å². The molecule has 2 aromatic carbocycles. The predicted molar refractivity (Wildman–Crippen MR) is 117 cm³/mol. The van der Waals surface area contributed by atoms with Gasteiger partial charge in [-0.2, -0.15) is 5.26 Å². The van der Waals surface area contributed by atoms with Crippen LogP contribution in [0.5, 0.6) is 0 Å². The summed E-state index contributed by atoms with van der Waals surface area (Å²) in [5, 5.41) is 18.5.